The largest absolute Gasteiger partial charge is 0.411 e. The lowest BCUT2D eigenvalue weighted by atomic mass is 10.2. The summed E-state index contributed by atoms with van der Waals surface area (Å²) in [6.07, 6.45) is 0. The van der Waals surface area contributed by atoms with Crippen LogP contribution >= 0.6 is 23.4 Å². The van der Waals surface area contributed by atoms with E-state index in [-0.39, 0.29) is 11.7 Å². The van der Waals surface area contributed by atoms with Crippen molar-refractivity contribution in [3.8, 4) is 11.5 Å². The molecule has 9 heteroatoms. The molecule has 0 spiro atoms. The molecule has 0 saturated carbocycles. The van der Waals surface area contributed by atoms with E-state index in [4.69, 9.17) is 20.8 Å². The van der Waals surface area contributed by atoms with Crippen LogP contribution in [0.5, 0.6) is 0 Å². The molecule has 0 unspecified atom stereocenters. The highest BCUT2D eigenvalue weighted by molar-refractivity contribution is 7.99. The molecule has 0 radical (unpaired) electrons. The molecule has 2 heterocycles. The summed E-state index contributed by atoms with van der Waals surface area (Å²) in [5.74, 6) is 0.427. The Morgan fingerprint density at radius 1 is 1.07 bits per heavy atom. The van der Waals surface area contributed by atoms with Gasteiger partial charge in [0.15, 0.2) is 0 Å². The molecule has 1 N–H and O–H groups in total. The summed E-state index contributed by atoms with van der Waals surface area (Å²) in [5, 5.41) is 11.8. The molecular formula is C20H19ClN4O3S. The number of nitrogens with one attached hydrogen (secondary N) is 1. The third-order valence-electron chi connectivity index (χ3n) is 4.35. The van der Waals surface area contributed by atoms with E-state index in [0.717, 1.165) is 43.2 Å². The molecule has 3 aromatic rings. The van der Waals surface area contributed by atoms with Crippen molar-refractivity contribution >= 4 is 40.6 Å². The number of morpholine rings is 1. The second kappa shape index (κ2) is 9.30. The summed E-state index contributed by atoms with van der Waals surface area (Å²) >= 11 is 7.07. The predicted octanol–water partition coefficient (Wildman–Crippen LogP) is 3.96. The molecule has 29 heavy (non-hydrogen) atoms. The number of hydrogen-bond donors (Lipinski definition) is 1. The quantitative estimate of drug-likeness (QED) is 0.593. The van der Waals surface area contributed by atoms with Gasteiger partial charge in [0.05, 0.1) is 19.0 Å². The second-order valence-corrected chi connectivity index (χ2v) is 7.73. The van der Waals surface area contributed by atoms with E-state index in [1.165, 1.54) is 11.8 Å². The van der Waals surface area contributed by atoms with Gasteiger partial charge < -0.3 is 19.4 Å². The van der Waals surface area contributed by atoms with Crippen LogP contribution in [0.1, 0.15) is 0 Å². The van der Waals surface area contributed by atoms with Crippen molar-refractivity contribution < 1.29 is 13.9 Å². The topological polar surface area (TPSA) is 80.5 Å². The van der Waals surface area contributed by atoms with Gasteiger partial charge in [-0.2, -0.15) is 0 Å². The Morgan fingerprint density at radius 3 is 2.52 bits per heavy atom. The van der Waals surface area contributed by atoms with E-state index in [0.29, 0.717) is 16.1 Å². The molecule has 1 saturated heterocycles. The molecule has 1 fully saturated rings. The van der Waals surface area contributed by atoms with Crippen molar-refractivity contribution in [2.75, 3.05) is 42.3 Å². The van der Waals surface area contributed by atoms with Gasteiger partial charge in [-0.1, -0.05) is 23.4 Å². The van der Waals surface area contributed by atoms with E-state index >= 15 is 0 Å². The lowest BCUT2D eigenvalue weighted by molar-refractivity contribution is -0.113. The molecule has 0 aliphatic carbocycles. The number of rotatable bonds is 6. The van der Waals surface area contributed by atoms with Crippen molar-refractivity contribution in [3.05, 3.63) is 53.6 Å². The van der Waals surface area contributed by atoms with Gasteiger partial charge in [-0.15, -0.1) is 10.2 Å². The van der Waals surface area contributed by atoms with Crippen LogP contribution in [0.3, 0.4) is 0 Å². The Morgan fingerprint density at radius 2 is 1.79 bits per heavy atom. The van der Waals surface area contributed by atoms with Crippen molar-refractivity contribution in [3.63, 3.8) is 0 Å². The highest BCUT2D eigenvalue weighted by atomic mass is 35.5. The molecule has 4 rings (SSSR count). The minimum atomic E-state index is -0.139. The van der Waals surface area contributed by atoms with E-state index in [1.54, 1.807) is 24.3 Å². The first-order chi connectivity index (χ1) is 14.2. The number of aromatic nitrogens is 2. The maximum absolute atomic E-state index is 12.2. The van der Waals surface area contributed by atoms with Crippen molar-refractivity contribution in [1.82, 2.24) is 10.2 Å². The number of halogens is 1. The third kappa shape index (κ3) is 5.29. The van der Waals surface area contributed by atoms with Crippen molar-refractivity contribution in [1.29, 1.82) is 0 Å². The van der Waals surface area contributed by atoms with Crippen LogP contribution in [-0.4, -0.2) is 48.2 Å². The minimum Gasteiger partial charge on any atom is -0.411 e. The Kier molecular flexibility index (Phi) is 6.33. The Labute approximate surface area is 177 Å². The van der Waals surface area contributed by atoms with Gasteiger partial charge in [0.2, 0.25) is 11.8 Å². The zero-order chi connectivity index (χ0) is 20.1. The SMILES string of the molecule is O=C(CSc1nnc(-c2ccc(Cl)cc2)o1)Nc1ccc(N2CCOCC2)cc1. The highest BCUT2D eigenvalue weighted by Crippen LogP contribution is 2.25. The Bertz CT molecular complexity index is 957. The number of ether oxygens (including phenoxy) is 1. The van der Waals surface area contributed by atoms with Crippen LogP contribution in [0.4, 0.5) is 11.4 Å². The Balaban J connectivity index is 1.28. The standard InChI is InChI=1S/C20H19ClN4O3S/c21-15-3-1-14(2-4-15)19-23-24-20(28-19)29-13-18(26)22-16-5-7-17(8-6-16)25-9-11-27-12-10-25/h1-8H,9-13H2,(H,22,26). The molecule has 1 amide bonds. The molecule has 7 nitrogen and oxygen atoms in total. The number of thioether (sulfide) groups is 1. The summed E-state index contributed by atoms with van der Waals surface area (Å²) in [6, 6.07) is 14.9. The average molecular weight is 431 g/mol. The maximum Gasteiger partial charge on any atom is 0.277 e. The van der Waals surface area contributed by atoms with Crippen molar-refractivity contribution in [2.24, 2.45) is 0 Å². The van der Waals surface area contributed by atoms with Crippen LogP contribution in [0, 0.1) is 0 Å². The van der Waals surface area contributed by atoms with Crippen molar-refractivity contribution in [2.45, 2.75) is 5.22 Å². The molecule has 1 aliphatic rings. The van der Waals surface area contributed by atoms with Gasteiger partial charge >= 0.3 is 0 Å². The van der Waals surface area contributed by atoms with E-state index in [1.807, 2.05) is 24.3 Å². The van der Waals surface area contributed by atoms with Crippen LogP contribution in [0.15, 0.2) is 58.2 Å². The summed E-state index contributed by atoms with van der Waals surface area (Å²) in [5.41, 5.74) is 2.65. The third-order valence-corrected chi connectivity index (χ3v) is 5.42. The molecule has 1 aliphatic heterocycles. The first-order valence-electron chi connectivity index (χ1n) is 9.12. The van der Waals surface area contributed by atoms with Gasteiger partial charge in [-0.25, -0.2) is 0 Å². The number of carbonyl (C=O) groups excluding carboxylic acids is 1. The van der Waals surface area contributed by atoms with E-state index in [2.05, 4.69) is 20.4 Å². The fourth-order valence-electron chi connectivity index (χ4n) is 2.88. The predicted molar refractivity (Wildman–Crippen MR) is 114 cm³/mol. The number of hydrogen-bond acceptors (Lipinski definition) is 7. The number of anilines is 2. The van der Waals surface area contributed by atoms with Gasteiger partial charge in [-0.05, 0) is 48.5 Å². The van der Waals surface area contributed by atoms with Crippen LogP contribution in [-0.2, 0) is 9.53 Å². The second-order valence-electron chi connectivity index (χ2n) is 6.36. The molecule has 0 bridgehead atoms. The lowest BCUT2D eigenvalue weighted by Gasteiger charge is -2.28. The summed E-state index contributed by atoms with van der Waals surface area (Å²) in [7, 11) is 0. The number of benzene rings is 2. The molecule has 0 atom stereocenters. The fraction of sp³-hybridized carbons (Fsp3) is 0.250. The fourth-order valence-corrected chi connectivity index (χ4v) is 3.57. The maximum atomic E-state index is 12.2. The van der Waals surface area contributed by atoms with Gasteiger partial charge in [0.1, 0.15) is 0 Å². The zero-order valence-corrected chi connectivity index (χ0v) is 17.1. The highest BCUT2D eigenvalue weighted by Gasteiger charge is 2.13. The smallest absolute Gasteiger partial charge is 0.277 e. The Hall–Kier alpha value is -2.55. The molecular weight excluding hydrogens is 412 g/mol. The first kappa shape index (κ1) is 19.8. The summed E-state index contributed by atoms with van der Waals surface area (Å²) in [4.78, 5) is 14.5. The van der Waals surface area contributed by atoms with E-state index in [9.17, 15) is 4.79 Å². The van der Waals surface area contributed by atoms with Crippen LogP contribution < -0.4 is 10.2 Å². The number of nitrogens with zero attached hydrogens (tertiary/aromatic N) is 3. The zero-order valence-electron chi connectivity index (χ0n) is 15.5. The monoisotopic (exact) mass is 430 g/mol. The summed E-state index contributed by atoms with van der Waals surface area (Å²) in [6.45, 7) is 3.24. The van der Waals surface area contributed by atoms with Gasteiger partial charge in [0, 0.05) is 35.1 Å². The van der Waals surface area contributed by atoms with Crippen LogP contribution in [0.25, 0.3) is 11.5 Å². The molecule has 150 valence electrons. The number of amides is 1. The minimum absolute atomic E-state index is 0.139. The molecule has 2 aromatic carbocycles. The molecule has 1 aromatic heterocycles. The average Bonchev–Trinajstić information content (AvgIpc) is 3.23. The van der Waals surface area contributed by atoms with E-state index < -0.39 is 0 Å². The summed E-state index contributed by atoms with van der Waals surface area (Å²) < 4.78 is 11.0. The lowest BCUT2D eigenvalue weighted by Crippen LogP contribution is -2.36. The van der Waals surface area contributed by atoms with Crippen LogP contribution in [0.2, 0.25) is 5.02 Å². The number of carbonyl (C=O) groups is 1. The van der Waals surface area contributed by atoms with Gasteiger partial charge in [0.25, 0.3) is 5.22 Å². The first-order valence-corrected chi connectivity index (χ1v) is 10.5. The normalized spacial score (nSPS) is 14.0. The van der Waals surface area contributed by atoms with Gasteiger partial charge in [-0.3, -0.25) is 4.79 Å².